The molecule has 3 rings (SSSR count). The molecular weight excluding hydrogens is 328 g/mol. The van der Waals surface area contributed by atoms with Gasteiger partial charge < -0.3 is 9.64 Å². The fourth-order valence-corrected chi connectivity index (χ4v) is 3.09. The van der Waals surface area contributed by atoms with E-state index in [1.54, 1.807) is 18.3 Å². The number of carbonyl (C=O) groups excluding carboxylic acids is 2. The summed E-state index contributed by atoms with van der Waals surface area (Å²) in [6.45, 7) is 3.28. The molecule has 1 saturated heterocycles. The van der Waals surface area contributed by atoms with Gasteiger partial charge in [-0.05, 0) is 19.1 Å². The molecule has 0 unspecified atom stereocenters. The number of piperidine rings is 1. The largest absolute Gasteiger partial charge is 0.489 e. The van der Waals surface area contributed by atoms with E-state index in [1.165, 1.54) is 0 Å². The molecule has 0 radical (unpaired) electrons. The van der Waals surface area contributed by atoms with E-state index in [2.05, 4.69) is 4.98 Å². The van der Waals surface area contributed by atoms with Crippen molar-refractivity contribution in [3.8, 4) is 5.75 Å². The molecule has 2 aromatic rings. The van der Waals surface area contributed by atoms with Crippen LogP contribution in [-0.4, -0.2) is 40.8 Å². The maximum absolute atomic E-state index is 12.4. The highest BCUT2D eigenvalue weighted by Crippen LogP contribution is 2.19. The topological polar surface area (TPSA) is 59.5 Å². The minimum absolute atomic E-state index is 0.0176. The molecule has 1 aromatic carbocycles. The Morgan fingerprint density at radius 2 is 1.81 bits per heavy atom. The van der Waals surface area contributed by atoms with Gasteiger partial charge in [0.1, 0.15) is 11.9 Å². The van der Waals surface area contributed by atoms with Crippen molar-refractivity contribution in [3.63, 3.8) is 0 Å². The van der Waals surface area contributed by atoms with E-state index >= 15 is 0 Å². The maximum Gasteiger partial charge on any atom is 0.223 e. The second-order valence-corrected chi connectivity index (χ2v) is 6.62. The number of ether oxygens (including phenoxy) is 1. The predicted molar refractivity (Wildman–Crippen MR) is 99.2 cm³/mol. The Morgan fingerprint density at radius 1 is 1.08 bits per heavy atom. The smallest absolute Gasteiger partial charge is 0.223 e. The molecule has 1 aliphatic heterocycles. The van der Waals surface area contributed by atoms with Crippen molar-refractivity contribution in [3.05, 3.63) is 59.9 Å². The number of likely N-dealkylation sites (tertiary alicyclic amines) is 1. The number of amides is 1. The Kier molecular flexibility index (Phi) is 6.00. The lowest BCUT2D eigenvalue weighted by Crippen LogP contribution is -2.41. The molecule has 1 aliphatic rings. The van der Waals surface area contributed by atoms with E-state index in [9.17, 15) is 9.59 Å². The minimum atomic E-state index is 0.0176. The third kappa shape index (κ3) is 4.91. The summed E-state index contributed by atoms with van der Waals surface area (Å²) in [5, 5.41) is 0. The predicted octanol–water partition coefficient (Wildman–Crippen LogP) is 3.42. The third-order valence-corrected chi connectivity index (χ3v) is 4.64. The van der Waals surface area contributed by atoms with Gasteiger partial charge in [-0.15, -0.1) is 0 Å². The molecule has 1 amide bonds. The van der Waals surface area contributed by atoms with Gasteiger partial charge in [-0.2, -0.15) is 0 Å². The standard InChI is InChI=1S/C21H24N2O3/c1-16-7-8-19(15-22-16)26-18-11-13-23(14-12-18)21(25)10-9-20(24)17-5-3-2-4-6-17/h2-8,15,18H,9-14H2,1H3. The lowest BCUT2D eigenvalue weighted by molar-refractivity contribution is -0.132. The van der Waals surface area contributed by atoms with Crippen LogP contribution in [0.2, 0.25) is 0 Å². The number of pyridine rings is 1. The molecule has 0 aliphatic carbocycles. The highest BCUT2D eigenvalue weighted by Gasteiger charge is 2.24. The first-order valence-corrected chi connectivity index (χ1v) is 9.07. The number of rotatable bonds is 6. The fourth-order valence-electron chi connectivity index (χ4n) is 3.09. The van der Waals surface area contributed by atoms with E-state index in [0.29, 0.717) is 18.7 Å². The summed E-state index contributed by atoms with van der Waals surface area (Å²) >= 11 is 0. The monoisotopic (exact) mass is 352 g/mol. The molecule has 5 heteroatoms. The maximum atomic E-state index is 12.4. The van der Waals surface area contributed by atoms with Crippen LogP contribution in [0.3, 0.4) is 0 Å². The van der Waals surface area contributed by atoms with E-state index in [0.717, 1.165) is 24.3 Å². The van der Waals surface area contributed by atoms with E-state index in [4.69, 9.17) is 4.74 Å². The number of nitrogens with zero attached hydrogens (tertiary/aromatic N) is 2. The van der Waals surface area contributed by atoms with Gasteiger partial charge in [-0.25, -0.2) is 0 Å². The number of benzene rings is 1. The number of hydrogen-bond acceptors (Lipinski definition) is 4. The molecular formula is C21H24N2O3. The lowest BCUT2D eigenvalue weighted by Gasteiger charge is -2.32. The van der Waals surface area contributed by atoms with Crippen LogP contribution in [-0.2, 0) is 4.79 Å². The summed E-state index contributed by atoms with van der Waals surface area (Å²) in [7, 11) is 0. The highest BCUT2D eigenvalue weighted by atomic mass is 16.5. The van der Waals surface area contributed by atoms with E-state index in [-0.39, 0.29) is 30.6 Å². The van der Waals surface area contributed by atoms with E-state index < -0.39 is 0 Å². The molecule has 0 bridgehead atoms. The zero-order valence-electron chi connectivity index (χ0n) is 15.1. The molecule has 0 saturated carbocycles. The van der Waals surface area contributed by atoms with Gasteiger partial charge in [0, 0.05) is 50.0 Å². The summed E-state index contributed by atoms with van der Waals surface area (Å²) in [5.74, 6) is 0.836. The third-order valence-electron chi connectivity index (χ3n) is 4.64. The summed E-state index contributed by atoms with van der Waals surface area (Å²) in [5.41, 5.74) is 1.63. The molecule has 5 nitrogen and oxygen atoms in total. The molecule has 1 aromatic heterocycles. The quantitative estimate of drug-likeness (QED) is 0.748. The Hall–Kier alpha value is -2.69. The van der Waals surface area contributed by atoms with Crippen molar-refractivity contribution in [2.45, 2.75) is 38.7 Å². The number of carbonyl (C=O) groups is 2. The number of Topliss-reactive ketones (excluding diaryl/α,β-unsaturated/α-hetero) is 1. The first kappa shape index (κ1) is 18.1. The van der Waals surface area contributed by atoms with Crippen molar-refractivity contribution in [1.29, 1.82) is 0 Å². The molecule has 0 atom stereocenters. The zero-order valence-corrected chi connectivity index (χ0v) is 15.1. The van der Waals surface area contributed by atoms with Crippen LogP contribution >= 0.6 is 0 Å². The number of aryl methyl sites for hydroxylation is 1. The zero-order chi connectivity index (χ0) is 18.4. The Morgan fingerprint density at radius 3 is 2.46 bits per heavy atom. The normalized spacial score (nSPS) is 14.9. The van der Waals surface area contributed by atoms with Gasteiger partial charge >= 0.3 is 0 Å². The van der Waals surface area contributed by atoms with Crippen LogP contribution in [0.25, 0.3) is 0 Å². The van der Waals surface area contributed by atoms with Gasteiger partial charge in [0.2, 0.25) is 5.91 Å². The summed E-state index contributed by atoms with van der Waals surface area (Å²) < 4.78 is 5.94. The SMILES string of the molecule is Cc1ccc(OC2CCN(C(=O)CCC(=O)c3ccccc3)CC2)cn1. The van der Waals surface area contributed by atoms with Crippen molar-refractivity contribution in [2.24, 2.45) is 0 Å². The van der Waals surface area contributed by atoms with E-state index in [1.807, 2.05) is 42.2 Å². The second kappa shape index (κ2) is 8.61. The molecule has 2 heterocycles. The molecule has 0 spiro atoms. The lowest BCUT2D eigenvalue weighted by atomic mass is 10.0. The Balaban J connectivity index is 1.42. The fraction of sp³-hybridized carbons (Fsp3) is 0.381. The van der Waals surface area contributed by atoms with Gasteiger partial charge in [0.05, 0.1) is 6.20 Å². The average molecular weight is 352 g/mol. The number of hydrogen-bond donors (Lipinski definition) is 0. The highest BCUT2D eigenvalue weighted by molar-refractivity contribution is 5.97. The Bertz CT molecular complexity index is 736. The van der Waals surface area contributed by atoms with Crippen LogP contribution in [0.1, 0.15) is 41.7 Å². The van der Waals surface area contributed by atoms with Crippen LogP contribution in [0.5, 0.6) is 5.75 Å². The van der Waals surface area contributed by atoms with Gasteiger partial charge in [0.15, 0.2) is 5.78 Å². The molecule has 0 N–H and O–H groups in total. The summed E-state index contributed by atoms with van der Waals surface area (Å²) in [6.07, 6.45) is 3.96. The van der Waals surface area contributed by atoms with Crippen molar-refractivity contribution in [1.82, 2.24) is 9.88 Å². The minimum Gasteiger partial charge on any atom is -0.489 e. The summed E-state index contributed by atoms with van der Waals surface area (Å²) in [6, 6.07) is 13.0. The van der Waals surface area contributed by atoms with Gasteiger partial charge in [-0.1, -0.05) is 30.3 Å². The molecule has 26 heavy (non-hydrogen) atoms. The average Bonchev–Trinajstić information content (AvgIpc) is 2.69. The second-order valence-electron chi connectivity index (χ2n) is 6.62. The first-order valence-electron chi connectivity index (χ1n) is 9.07. The van der Waals surface area contributed by atoms with Crippen LogP contribution in [0.15, 0.2) is 48.7 Å². The van der Waals surface area contributed by atoms with Crippen molar-refractivity contribution >= 4 is 11.7 Å². The number of ketones is 1. The first-order chi connectivity index (χ1) is 12.6. The van der Waals surface area contributed by atoms with Crippen LogP contribution < -0.4 is 4.74 Å². The van der Waals surface area contributed by atoms with Crippen LogP contribution in [0.4, 0.5) is 0 Å². The molecule has 1 fully saturated rings. The summed E-state index contributed by atoms with van der Waals surface area (Å²) in [4.78, 5) is 30.5. The van der Waals surface area contributed by atoms with Crippen LogP contribution in [0, 0.1) is 6.92 Å². The number of aromatic nitrogens is 1. The Labute approximate surface area is 154 Å². The van der Waals surface area contributed by atoms with Crippen molar-refractivity contribution < 1.29 is 14.3 Å². The van der Waals surface area contributed by atoms with Gasteiger partial charge in [0.25, 0.3) is 0 Å². The van der Waals surface area contributed by atoms with Gasteiger partial charge in [-0.3, -0.25) is 14.6 Å². The van der Waals surface area contributed by atoms with Crippen molar-refractivity contribution in [2.75, 3.05) is 13.1 Å². The molecule has 136 valence electrons.